The van der Waals surface area contributed by atoms with Crippen molar-refractivity contribution in [3.63, 3.8) is 0 Å². The minimum absolute atomic E-state index is 0.0202. The standard InChI is InChI=1S/C21H25N3O/c1-4-23(5-2)15-20(25)22-21-16(3)18-13-9-10-14-19(18)24(21)17-11-7-6-8-12-17/h6-14H,4-5,15H2,1-3H3,(H,22,25). The topological polar surface area (TPSA) is 37.3 Å². The molecule has 130 valence electrons. The summed E-state index contributed by atoms with van der Waals surface area (Å²) in [5.74, 6) is 0.872. The van der Waals surface area contributed by atoms with Gasteiger partial charge in [0, 0.05) is 11.1 Å². The maximum Gasteiger partial charge on any atom is 0.239 e. The van der Waals surface area contributed by atoms with Crippen molar-refractivity contribution in [1.82, 2.24) is 9.47 Å². The predicted molar refractivity (Wildman–Crippen MR) is 104 cm³/mol. The molecule has 0 aliphatic heterocycles. The van der Waals surface area contributed by atoms with Gasteiger partial charge in [-0.05, 0) is 43.8 Å². The normalized spacial score (nSPS) is 11.2. The van der Waals surface area contributed by atoms with Crippen molar-refractivity contribution in [3.05, 3.63) is 60.2 Å². The molecule has 0 saturated carbocycles. The Kier molecular flexibility index (Phi) is 5.19. The Bertz CT molecular complexity index is 863. The van der Waals surface area contributed by atoms with Crippen LogP contribution < -0.4 is 5.32 Å². The molecule has 0 unspecified atom stereocenters. The summed E-state index contributed by atoms with van der Waals surface area (Å²) in [6.45, 7) is 8.35. The number of likely N-dealkylation sites (N-methyl/N-ethyl adjacent to an activating group) is 1. The summed E-state index contributed by atoms with van der Waals surface area (Å²) < 4.78 is 2.13. The van der Waals surface area contributed by atoms with E-state index in [0.29, 0.717) is 6.54 Å². The number of hydrogen-bond acceptors (Lipinski definition) is 2. The van der Waals surface area contributed by atoms with Gasteiger partial charge in [-0.3, -0.25) is 14.3 Å². The van der Waals surface area contributed by atoms with Gasteiger partial charge in [-0.25, -0.2) is 0 Å². The molecule has 0 bridgehead atoms. The molecule has 0 aliphatic carbocycles. The Morgan fingerprint density at radius 3 is 2.32 bits per heavy atom. The molecule has 4 heteroatoms. The van der Waals surface area contributed by atoms with Crippen LogP contribution >= 0.6 is 0 Å². The molecular formula is C21H25N3O. The summed E-state index contributed by atoms with van der Waals surface area (Å²) in [6, 6.07) is 18.4. The first kappa shape index (κ1) is 17.2. The highest BCUT2D eigenvalue weighted by Gasteiger charge is 2.18. The Labute approximate surface area is 149 Å². The summed E-state index contributed by atoms with van der Waals surface area (Å²) in [6.07, 6.45) is 0. The van der Waals surface area contributed by atoms with Gasteiger partial charge in [-0.15, -0.1) is 0 Å². The fourth-order valence-corrected chi connectivity index (χ4v) is 3.22. The molecule has 2 aromatic carbocycles. The van der Waals surface area contributed by atoms with E-state index in [1.165, 1.54) is 0 Å². The molecule has 1 heterocycles. The van der Waals surface area contributed by atoms with Crippen LogP contribution in [0, 0.1) is 6.92 Å². The zero-order valence-corrected chi connectivity index (χ0v) is 15.1. The zero-order chi connectivity index (χ0) is 17.8. The fraction of sp³-hybridized carbons (Fsp3) is 0.286. The van der Waals surface area contributed by atoms with E-state index < -0.39 is 0 Å². The minimum atomic E-state index is 0.0202. The first-order chi connectivity index (χ1) is 12.2. The highest BCUT2D eigenvalue weighted by Crippen LogP contribution is 2.32. The lowest BCUT2D eigenvalue weighted by Gasteiger charge is -2.18. The van der Waals surface area contributed by atoms with Gasteiger partial charge >= 0.3 is 0 Å². The van der Waals surface area contributed by atoms with Crippen LogP contribution in [0.2, 0.25) is 0 Å². The number of aromatic nitrogens is 1. The number of carbonyl (C=O) groups is 1. The molecule has 1 amide bonds. The number of rotatable bonds is 6. The van der Waals surface area contributed by atoms with E-state index in [9.17, 15) is 4.79 Å². The molecule has 3 aromatic rings. The number of nitrogens with zero attached hydrogens (tertiary/aromatic N) is 2. The van der Waals surface area contributed by atoms with Crippen LogP contribution in [0.5, 0.6) is 0 Å². The van der Waals surface area contributed by atoms with Gasteiger partial charge in [0.2, 0.25) is 5.91 Å². The highest BCUT2D eigenvalue weighted by molar-refractivity contribution is 5.99. The smallest absolute Gasteiger partial charge is 0.239 e. The molecule has 0 fully saturated rings. The third kappa shape index (κ3) is 3.44. The number of hydrogen-bond donors (Lipinski definition) is 1. The van der Waals surface area contributed by atoms with Gasteiger partial charge < -0.3 is 5.32 Å². The lowest BCUT2D eigenvalue weighted by Crippen LogP contribution is -2.33. The van der Waals surface area contributed by atoms with Crippen molar-refractivity contribution < 1.29 is 4.79 Å². The Balaban J connectivity index is 2.05. The molecule has 0 atom stereocenters. The summed E-state index contributed by atoms with van der Waals surface area (Å²) in [5, 5.41) is 4.31. The van der Waals surface area contributed by atoms with Gasteiger partial charge in [0.25, 0.3) is 0 Å². The van der Waals surface area contributed by atoms with Crippen LogP contribution in [0.15, 0.2) is 54.6 Å². The second-order valence-corrected chi connectivity index (χ2v) is 6.17. The minimum Gasteiger partial charge on any atom is -0.310 e. The first-order valence-electron chi connectivity index (χ1n) is 8.83. The molecule has 1 aromatic heterocycles. The van der Waals surface area contributed by atoms with Gasteiger partial charge in [-0.1, -0.05) is 50.2 Å². The van der Waals surface area contributed by atoms with Crippen LogP contribution in [0.4, 0.5) is 5.82 Å². The van der Waals surface area contributed by atoms with E-state index in [0.717, 1.165) is 41.1 Å². The molecule has 0 spiro atoms. The van der Waals surface area contributed by atoms with E-state index in [4.69, 9.17) is 0 Å². The number of anilines is 1. The van der Waals surface area contributed by atoms with Crippen LogP contribution in [0.25, 0.3) is 16.6 Å². The molecular weight excluding hydrogens is 310 g/mol. The number of para-hydroxylation sites is 2. The van der Waals surface area contributed by atoms with E-state index in [-0.39, 0.29) is 5.91 Å². The molecule has 4 nitrogen and oxygen atoms in total. The maximum absolute atomic E-state index is 12.6. The van der Waals surface area contributed by atoms with Crippen molar-refractivity contribution in [3.8, 4) is 5.69 Å². The van der Waals surface area contributed by atoms with Gasteiger partial charge in [-0.2, -0.15) is 0 Å². The summed E-state index contributed by atoms with van der Waals surface area (Å²) in [7, 11) is 0. The Hall–Kier alpha value is -2.59. The second kappa shape index (κ2) is 7.53. The van der Waals surface area contributed by atoms with Crippen molar-refractivity contribution in [1.29, 1.82) is 0 Å². The lowest BCUT2D eigenvalue weighted by molar-refractivity contribution is -0.117. The number of nitrogens with one attached hydrogen (secondary N) is 1. The molecule has 25 heavy (non-hydrogen) atoms. The number of aryl methyl sites for hydroxylation is 1. The first-order valence-corrected chi connectivity index (χ1v) is 8.83. The summed E-state index contributed by atoms with van der Waals surface area (Å²) in [4.78, 5) is 14.7. The van der Waals surface area contributed by atoms with Gasteiger partial charge in [0.15, 0.2) is 0 Å². The van der Waals surface area contributed by atoms with Crippen molar-refractivity contribution in [2.45, 2.75) is 20.8 Å². The van der Waals surface area contributed by atoms with Gasteiger partial charge in [0.1, 0.15) is 5.82 Å². The van der Waals surface area contributed by atoms with E-state index in [1.54, 1.807) is 0 Å². The van der Waals surface area contributed by atoms with Crippen LogP contribution in [0.3, 0.4) is 0 Å². The molecule has 0 radical (unpaired) electrons. The van der Waals surface area contributed by atoms with E-state index in [2.05, 4.69) is 59.8 Å². The van der Waals surface area contributed by atoms with Crippen molar-refractivity contribution >= 4 is 22.6 Å². The summed E-state index contributed by atoms with van der Waals surface area (Å²) in [5.41, 5.74) is 3.24. The number of carbonyl (C=O) groups excluding carboxylic acids is 1. The third-order valence-corrected chi connectivity index (χ3v) is 4.66. The van der Waals surface area contributed by atoms with Crippen LogP contribution in [-0.2, 0) is 4.79 Å². The molecule has 0 saturated heterocycles. The largest absolute Gasteiger partial charge is 0.310 e. The van der Waals surface area contributed by atoms with E-state index in [1.807, 2.05) is 30.3 Å². The SMILES string of the molecule is CCN(CC)CC(=O)Nc1c(C)c2ccccc2n1-c1ccccc1. The van der Waals surface area contributed by atoms with Crippen LogP contribution in [-0.4, -0.2) is 35.0 Å². The average Bonchev–Trinajstić information content (AvgIpc) is 2.93. The second-order valence-electron chi connectivity index (χ2n) is 6.17. The molecule has 3 rings (SSSR count). The fourth-order valence-electron chi connectivity index (χ4n) is 3.22. The molecule has 0 aliphatic rings. The lowest BCUT2D eigenvalue weighted by atomic mass is 10.2. The maximum atomic E-state index is 12.6. The van der Waals surface area contributed by atoms with Gasteiger partial charge in [0.05, 0.1) is 12.1 Å². The van der Waals surface area contributed by atoms with E-state index >= 15 is 0 Å². The summed E-state index contributed by atoms with van der Waals surface area (Å²) >= 11 is 0. The van der Waals surface area contributed by atoms with Crippen LogP contribution in [0.1, 0.15) is 19.4 Å². The third-order valence-electron chi connectivity index (χ3n) is 4.66. The Morgan fingerprint density at radius 2 is 1.64 bits per heavy atom. The predicted octanol–water partition coefficient (Wildman–Crippen LogP) is 4.22. The zero-order valence-electron chi connectivity index (χ0n) is 15.1. The quantitative estimate of drug-likeness (QED) is 0.732. The van der Waals surface area contributed by atoms with Crippen molar-refractivity contribution in [2.24, 2.45) is 0 Å². The number of benzene rings is 2. The van der Waals surface area contributed by atoms with Crippen molar-refractivity contribution in [2.75, 3.05) is 25.0 Å². The number of fused-ring (bicyclic) bond motifs is 1. The Morgan fingerprint density at radius 1 is 1.00 bits per heavy atom. The number of amides is 1. The highest BCUT2D eigenvalue weighted by atomic mass is 16.2. The molecule has 1 N–H and O–H groups in total. The average molecular weight is 335 g/mol. The monoisotopic (exact) mass is 335 g/mol.